The van der Waals surface area contributed by atoms with E-state index < -0.39 is 5.82 Å². The highest BCUT2D eigenvalue weighted by Gasteiger charge is 2.08. The van der Waals surface area contributed by atoms with Crippen LogP contribution in [0.2, 0.25) is 0 Å². The first kappa shape index (κ1) is 15.2. The van der Waals surface area contributed by atoms with Crippen molar-refractivity contribution in [3.05, 3.63) is 53.8 Å². The molecule has 0 aliphatic rings. The standard InChI is InChI=1S/C17H21FN2O/c1-2-21-17-12-16(15(19)11-14(17)18)20-10-6-9-13-7-4-3-5-8-13/h3-5,7-8,11-12,20H,2,6,9-10,19H2,1H3. The molecule has 0 aliphatic carbocycles. The van der Waals surface area contributed by atoms with Crippen LogP contribution in [0.4, 0.5) is 15.8 Å². The van der Waals surface area contributed by atoms with Crippen molar-refractivity contribution in [2.75, 3.05) is 24.2 Å². The first-order valence-corrected chi connectivity index (χ1v) is 7.20. The fourth-order valence-corrected chi connectivity index (χ4v) is 2.15. The summed E-state index contributed by atoms with van der Waals surface area (Å²) in [6.07, 6.45) is 1.97. The molecule has 0 aliphatic heterocycles. The smallest absolute Gasteiger partial charge is 0.167 e. The third-order valence-corrected chi connectivity index (χ3v) is 3.20. The fourth-order valence-electron chi connectivity index (χ4n) is 2.15. The Morgan fingerprint density at radius 2 is 1.95 bits per heavy atom. The quantitative estimate of drug-likeness (QED) is 0.601. The van der Waals surface area contributed by atoms with Crippen LogP contribution in [0.3, 0.4) is 0 Å². The lowest BCUT2D eigenvalue weighted by Crippen LogP contribution is -2.07. The Bertz CT molecular complexity index is 573. The molecule has 2 rings (SSSR count). The first-order chi connectivity index (χ1) is 10.2. The van der Waals surface area contributed by atoms with Crippen molar-refractivity contribution in [2.45, 2.75) is 19.8 Å². The van der Waals surface area contributed by atoms with Gasteiger partial charge < -0.3 is 15.8 Å². The van der Waals surface area contributed by atoms with Gasteiger partial charge in [-0.2, -0.15) is 0 Å². The van der Waals surface area contributed by atoms with Crippen molar-refractivity contribution in [1.29, 1.82) is 0 Å². The van der Waals surface area contributed by atoms with E-state index in [0.29, 0.717) is 18.0 Å². The summed E-state index contributed by atoms with van der Waals surface area (Å²) in [6, 6.07) is 13.2. The fraction of sp³-hybridized carbons (Fsp3) is 0.294. The molecule has 0 spiro atoms. The monoisotopic (exact) mass is 288 g/mol. The molecule has 0 saturated heterocycles. The van der Waals surface area contributed by atoms with Crippen LogP contribution in [0, 0.1) is 5.82 Å². The topological polar surface area (TPSA) is 47.3 Å². The molecule has 0 saturated carbocycles. The summed E-state index contributed by atoms with van der Waals surface area (Å²) >= 11 is 0. The van der Waals surface area contributed by atoms with Gasteiger partial charge in [-0.15, -0.1) is 0 Å². The molecule has 4 heteroatoms. The van der Waals surface area contributed by atoms with Gasteiger partial charge in [0.1, 0.15) is 0 Å². The molecule has 2 aromatic carbocycles. The molecule has 0 bridgehead atoms. The minimum atomic E-state index is -0.427. The highest BCUT2D eigenvalue weighted by atomic mass is 19.1. The molecule has 3 N–H and O–H groups in total. The average Bonchev–Trinajstić information content (AvgIpc) is 2.49. The number of benzene rings is 2. The van der Waals surface area contributed by atoms with Gasteiger partial charge in [0.2, 0.25) is 0 Å². The minimum absolute atomic E-state index is 0.234. The van der Waals surface area contributed by atoms with E-state index in [9.17, 15) is 4.39 Å². The number of halogens is 1. The largest absolute Gasteiger partial charge is 0.491 e. The molecule has 3 nitrogen and oxygen atoms in total. The van der Waals surface area contributed by atoms with E-state index in [-0.39, 0.29) is 5.75 Å². The third-order valence-electron chi connectivity index (χ3n) is 3.20. The zero-order valence-electron chi connectivity index (χ0n) is 12.2. The van der Waals surface area contributed by atoms with Crippen LogP contribution in [-0.4, -0.2) is 13.2 Å². The summed E-state index contributed by atoms with van der Waals surface area (Å²) in [5, 5.41) is 3.24. The van der Waals surface area contributed by atoms with Gasteiger partial charge in [-0.25, -0.2) is 4.39 Å². The summed E-state index contributed by atoms with van der Waals surface area (Å²) in [5.74, 6) is -0.193. The van der Waals surface area contributed by atoms with Gasteiger partial charge in [-0.3, -0.25) is 0 Å². The van der Waals surface area contributed by atoms with Crippen LogP contribution < -0.4 is 15.8 Å². The van der Waals surface area contributed by atoms with E-state index in [4.69, 9.17) is 10.5 Å². The summed E-state index contributed by atoms with van der Waals surface area (Å²) in [6.45, 7) is 3.02. The molecule has 21 heavy (non-hydrogen) atoms. The SMILES string of the molecule is CCOc1cc(NCCCc2ccccc2)c(N)cc1F. The molecule has 0 radical (unpaired) electrons. The Labute approximate surface area is 124 Å². The number of rotatable bonds is 7. The number of aryl methyl sites for hydroxylation is 1. The van der Waals surface area contributed by atoms with Gasteiger partial charge in [-0.05, 0) is 25.3 Å². The molecule has 0 amide bonds. The predicted molar refractivity (Wildman–Crippen MR) is 85.2 cm³/mol. The van der Waals surface area contributed by atoms with Crippen molar-refractivity contribution in [2.24, 2.45) is 0 Å². The molecule has 2 aromatic rings. The average molecular weight is 288 g/mol. The highest BCUT2D eigenvalue weighted by molar-refractivity contribution is 5.68. The Balaban J connectivity index is 1.89. The number of anilines is 2. The van der Waals surface area contributed by atoms with Crippen molar-refractivity contribution < 1.29 is 9.13 Å². The van der Waals surface area contributed by atoms with E-state index in [2.05, 4.69) is 17.4 Å². The maximum atomic E-state index is 13.6. The summed E-state index contributed by atoms with van der Waals surface area (Å²) in [7, 11) is 0. The Morgan fingerprint density at radius 1 is 1.19 bits per heavy atom. The van der Waals surface area contributed by atoms with Gasteiger partial charge in [0.15, 0.2) is 11.6 Å². The Hall–Kier alpha value is -2.23. The molecular weight excluding hydrogens is 267 g/mol. The van der Waals surface area contributed by atoms with Crippen LogP contribution in [0.25, 0.3) is 0 Å². The minimum Gasteiger partial charge on any atom is -0.491 e. The van der Waals surface area contributed by atoms with Gasteiger partial charge in [0, 0.05) is 18.7 Å². The molecule has 0 aromatic heterocycles. The summed E-state index contributed by atoms with van der Waals surface area (Å²) < 4.78 is 18.8. The summed E-state index contributed by atoms with van der Waals surface area (Å²) in [4.78, 5) is 0. The molecule has 112 valence electrons. The molecular formula is C17H21FN2O. The number of nitrogen functional groups attached to an aromatic ring is 1. The number of nitrogens with one attached hydrogen (secondary N) is 1. The van der Waals surface area contributed by atoms with Gasteiger partial charge in [-0.1, -0.05) is 30.3 Å². The maximum absolute atomic E-state index is 13.6. The van der Waals surface area contributed by atoms with E-state index >= 15 is 0 Å². The van der Waals surface area contributed by atoms with Crippen LogP contribution in [0.5, 0.6) is 5.75 Å². The lowest BCUT2D eigenvalue weighted by atomic mass is 10.1. The Morgan fingerprint density at radius 3 is 2.67 bits per heavy atom. The second kappa shape index (κ2) is 7.53. The first-order valence-electron chi connectivity index (χ1n) is 7.20. The zero-order chi connectivity index (χ0) is 15.1. The number of hydrogen-bond acceptors (Lipinski definition) is 3. The van der Waals surface area contributed by atoms with Gasteiger partial charge >= 0.3 is 0 Å². The second-order valence-electron chi connectivity index (χ2n) is 4.82. The maximum Gasteiger partial charge on any atom is 0.167 e. The van der Waals surface area contributed by atoms with Crippen LogP contribution in [-0.2, 0) is 6.42 Å². The summed E-state index contributed by atoms with van der Waals surface area (Å²) in [5.41, 5.74) is 8.24. The zero-order valence-corrected chi connectivity index (χ0v) is 12.2. The molecule has 0 heterocycles. The van der Waals surface area contributed by atoms with Crippen LogP contribution in [0.1, 0.15) is 18.9 Å². The lowest BCUT2D eigenvalue weighted by molar-refractivity contribution is 0.322. The molecule has 0 atom stereocenters. The number of hydrogen-bond donors (Lipinski definition) is 2. The van der Waals surface area contributed by atoms with E-state index in [1.54, 1.807) is 6.07 Å². The van der Waals surface area contributed by atoms with E-state index in [1.165, 1.54) is 11.6 Å². The van der Waals surface area contributed by atoms with Crippen molar-refractivity contribution in [3.63, 3.8) is 0 Å². The van der Waals surface area contributed by atoms with E-state index in [0.717, 1.165) is 19.4 Å². The lowest BCUT2D eigenvalue weighted by Gasteiger charge is -2.12. The normalized spacial score (nSPS) is 10.4. The number of ether oxygens (including phenoxy) is 1. The Kier molecular flexibility index (Phi) is 5.43. The van der Waals surface area contributed by atoms with Crippen LogP contribution in [0.15, 0.2) is 42.5 Å². The molecule has 0 fully saturated rings. The van der Waals surface area contributed by atoms with Crippen LogP contribution >= 0.6 is 0 Å². The second-order valence-corrected chi connectivity index (χ2v) is 4.82. The molecule has 0 unspecified atom stereocenters. The van der Waals surface area contributed by atoms with Crippen molar-refractivity contribution in [1.82, 2.24) is 0 Å². The predicted octanol–water partition coefficient (Wildman–Crippen LogP) is 3.85. The highest BCUT2D eigenvalue weighted by Crippen LogP contribution is 2.28. The van der Waals surface area contributed by atoms with Crippen molar-refractivity contribution >= 4 is 11.4 Å². The van der Waals surface area contributed by atoms with Gasteiger partial charge in [0.05, 0.1) is 18.0 Å². The number of nitrogens with two attached hydrogens (primary N) is 1. The third kappa shape index (κ3) is 4.38. The van der Waals surface area contributed by atoms with Crippen molar-refractivity contribution in [3.8, 4) is 5.75 Å². The van der Waals surface area contributed by atoms with Gasteiger partial charge in [0.25, 0.3) is 0 Å². The van der Waals surface area contributed by atoms with E-state index in [1.807, 2.05) is 25.1 Å².